The molecular weight excluding hydrogens is 322 g/mol. The number of ether oxygens (including phenoxy) is 1. The molecule has 88 valence electrons. The van der Waals surface area contributed by atoms with E-state index in [1.54, 1.807) is 12.3 Å². The van der Waals surface area contributed by atoms with Gasteiger partial charge in [-0.15, -0.1) is 0 Å². The van der Waals surface area contributed by atoms with E-state index in [0.29, 0.717) is 22.5 Å². The third-order valence-corrected chi connectivity index (χ3v) is 3.38. The van der Waals surface area contributed by atoms with Crippen LogP contribution in [0.3, 0.4) is 0 Å². The fourth-order valence-electron chi connectivity index (χ4n) is 1.98. The molecule has 5 heteroatoms. The molecule has 0 unspecified atom stereocenters. The van der Waals surface area contributed by atoms with Crippen molar-refractivity contribution in [3.8, 4) is 0 Å². The number of halogens is 2. The third-order valence-electron chi connectivity index (χ3n) is 2.54. The minimum atomic E-state index is -0.232. The van der Waals surface area contributed by atoms with Crippen LogP contribution >= 0.6 is 22.6 Å². The van der Waals surface area contributed by atoms with Crippen molar-refractivity contribution in [2.24, 2.45) is 0 Å². The molecule has 0 amide bonds. The molecule has 2 atom stereocenters. The molecule has 0 N–H and O–H groups in total. The lowest BCUT2D eigenvalue weighted by atomic mass is 10.2. The Morgan fingerprint density at radius 1 is 1.44 bits per heavy atom. The normalized spacial score (nSPS) is 25.9. The van der Waals surface area contributed by atoms with Crippen LogP contribution in [0.25, 0.3) is 0 Å². The van der Waals surface area contributed by atoms with Gasteiger partial charge in [-0.1, -0.05) is 0 Å². The van der Waals surface area contributed by atoms with Crippen molar-refractivity contribution < 1.29 is 9.13 Å². The Kier molecular flexibility index (Phi) is 3.63. The van der Waals surface area contributed by atoms with E-state index in [1.807, 2.05) is 41.3 Å². The topological polar surface area (TPSA) is 25.4 Å². The summed E-state index contributed by atoms with van der Waals surface area (Å²) >= 11 is 1.98. The Bertz CT molecular complexity index is 378. The number of pyridine rings is 1. The highest BCUT2D eigenvalue weighted by Gasteiger charge is 2.25. The van der Waals surface area contributed by atoms with Crippen molar-refractivity contribution in [2.45, 2.75) is 26.1 Å². The highest BCUT2D eigenvalue weighted by Crippen LogP contribution is 2.23. The number of morpholine rings is 1. The summed E-state index contributed by atoms with van der Waals surface area (Å²) < 4.78 is 20.1. The van der Waals surface area contributed by atoms with Crippen LogP contribution in [0.15, 0.2) is 12.3 Å². The van der Waals surface area contributed by atoms with Crippen molar-refractivity contribution in [3.63, 3.8) is 0 Å². The van der Waals surface area contributed by atoms with E-state index in [-0.39, 0.29) is 18.0 Å². The van der Waals surface area contributed by atoms with Crippen LogP contribution < -0.4 is 4.90 Å². The average Bonchev–Trinajstić information content (AvgIpc) is 2.20. The monoisotopic (exact) mass is 336 g/mol. The maximum absolute atomic E-state index is 13.9. The average molecular weight is 336 g/mol. The van der Waals surface area contributed by atoms with Gasteiger partial charge in [0.05, 0.1) is 15.8 Å². The maximum Gasteiger partial charge on any atom is 0.178 e. The van der Waals surface area contributed by atoms with E-state index in [1.165, 1.54) is 0 Å². The number of aromatic nitrogens is 1. The minimum absolute atomic E-state index is 0.114. The summed E-state index contributed by atoms with van der Waals surface area (Å²) in [5.41, 5.74) is 0. The van der Waals surface area contributed by atoms with Crippen molar-refractivity contribution >= 4 is 28.4 Å². The molecule has 1 aromatic rings. The lowest BCUT2D eigenvalue weighted by Gasteiger charge is -2.36. The van der Waals surface area contributed by atoms with Crippen molar-refractivity contribution in [2.75, 3.05) is 18.0 Å². The molecule has 1 saturated heterocycles. The summed E-state index contributed by atoms with van der Waals surface area (Å²) in [7, 11) is 0. The van der Waals surface area contributed by atoms with Crippen LogP contribution in [0.2, 0.25) is 0 Å². The van der Waals surface area contributed by atoms with Crippen LogP contribution in [0.5, 0.6) is 0 Å². The zero-order chi connectivity index (χ0) is 11.7. The first-order valence-corrected chi connectivity index (χ1v) is 6.36. The number of rotatable bonds is 1. The van der Waals surface area contributed by atoms with Gasteiger partial charge in [0.25, 0.3) is 0 Å². The van der Waals surface area contributed by atoms with Gasteiger partial charge in [0.1, 0.15) is 0 Å². The van der Waals surface area contributed by atoms with Crippen molar-refractivity contribution in [3.05, 3.63) is 21.7 Å². The molecule has 2 rings (SSSR count). The van der Waals surface area contributed by atoms with Gasteiger partial charge < -0.3 is 9.64 Å². The molecule has 1 fully saturated rings. The molecule has 0 radical (unpaired) electrons. The quantitative estimate of drug-likeness (QED) is 0.737. The predicted molar refractivity (Wildman–Crippen MR) is 69.1 cm³/mol. The maximum atomic E-state index is 13.9. The van der Waals surface area contributed by atoms with Gasteiger partial charge >= 0.3 is 0 Å². The highest BCUT2D eigenvalue weighted by molar-refractivity contribution is 14.1. The van der Waals surface area contributed by atoms with Gasteiger partial charge in [0.2, 0.25) is 0 Å². The molecule has 1 aliphatic heterocycles. The number of hydrogen-bond donors (Lipinski definition) is 0. The van der Waals surface area contributed by atoms with Gasteiger partial charge in [-0.3, -0.25) is 0 Å². The van der Waals surface area contributed by atoms with E-state index in [0.717, 1.165) is 0 Å². The smallest absolute Gasteiger partial charge is 0.178 e. The Hall–Kier alpha value is -0.430. The van der Waals surface area contributed by atoms with Crippen LogP contribution in [0.4, 0.5) is 10.2 Å². The van der Waals surface area contributed by atoms with Gasteiger partial charge in [0.15, 0.2) is 11.6 Å². The fraction of sp³-hybridized carbons (Fsp3) is 0.545. The van der Waals surface area contributed by atoms with Gasteiger partial charge in [-0.25, -0.2) is 9.37 Å². The van der Waals surface area contributed by atoms with Crippen LogP contribution in [0, 0.1) is 9.39 Å². The Morgan fingerprint density at radius 3 is 2.69 bits per heavy atom. The molecular formula is C11H14FIN2O. The van der Waals surface area contributed by atoms with Crippen LogP contribution in [-0.2, 0) is 4.74 Å². The highest BCUT2D eigenvalue weighted by atomic mass is 127. The minimum Gasteiger partial charge on any atom is -0.372 e. The molecule has 16 heavy (non-hydrogen) atoms. The van der Waals surface area contributed by atoms with Gasteiger partial charge in [0, 0.05) is 19.3 Å². The summed E-state index contributed by atoms with van der Waals surface area (Å²) in [5, 5.41) is 0. The fourth-order valence-corrected chi connectivity index (χ4v) is 2.38. The SMILES string of the molecule is C[C@@H]1CN(c2nccc(I)c2F)C[C@H](C)O1. The van der Waals surface area contributed by atoms with E-state index < -0.39 is 0 Å². The second kappa shape index (κ2) is 4.83. The summed E-state index contributed by atoms with van der Waals surface area (Å²) in [5.74, 6) is 0.207. The van der Waals surface area contributed by atoms with Crippen LogP contribution in [-0.4, -0.2) is 30.3 Å². The molecule has 0 bridgehead atoms. The first-order valence-electron chi connectivity index (χ1n) is 5.28. The molecule has 0 aliphatic carbocycles. The Morgan fingerprint density at radius 2 is 2.06 bits per heavy atom. The molecule has 0 spiro atoms. The Labute approximate surface area is 108 Å². The predicted octanol–water partition coefficient (Wildman–Crippen LogP) is 2.44. The first kappa shape index (κ1) is 12.0. The number of nitrogens with zero attached hydrogens (tertiary/aromatic N) is 2. The number of hydrogen-bond acceptors (Lipinski definition) is 3. The first-order chi connectivity index (χ1) is 7.58. The molecule has 1 aromatic heterocycles. The largest absolute Gasteiger partial charge is 0.372 e. The lowest BCUT2D eigenvalue weighted by Crippen LogP contribution is -2.46. The zero-order valence-corrected chi connectivity index (χ0v) is 11.4. The number of anilines is 1. The Balaban J connectivity index is 2.26. The summed E-state index contributed by atoms with van der Waals surface area (Å²) in [4.78, 5) is 6.08. The second-order valence-corrected chi connectivity index (χ2v) is 5.25. The van der Waals surface area contributed by atoms with Gasteiger partial charge in [-0.05, 0) is 42.5 Å². The van der Waals surface area contributed by atoms with Crippen molar-refractivity contribution in [1.29, 1.82) is 0 Å². The zero-order valence-electron chi connectivity index (χ0n) is 9.28. The summed E-state index contributed by atoms with van der Waals surface area (Å²) in [6.45, 7) is 5.37. The third kappa shape index (κ3) is 2.45. The lowest BCUT2D eigenvalue weighted by molar-refractivity contribution is -0.00565. The van der Waals surface area contributed by atoms with E-state index in [4.69, 9.17) is 4.74 Å². The second-order valence-electron chi connectivity index (χ2n) is 4.09. The van der Waals surface area contributed by atoms with Gasteiger partial charge in [-0.2, -0.15) is 0 Å². The molecule has 0 aromatic carbocycles. The van der Waals surface area contributed by atoms with E-state index >= 15 is 0 Å². The van der Waals surface area contributed by atoms with Crippen molar-refractivity contribution in [1.82, 2.24) is 4.98 Å². The molecule has 2 heterocycles. The van der Waals surface area contributed by atoms with E-state index in [2.05, 4.69) is 4.98 Å². The van der Waals surface area contributed by atoms with Crippen LogP contribution in [0.1, 0.15) is 13.8 Å². The summed E-state index contributed by atoms with van der Waals surface area (Å²) in [6, 6.07) is 1.67. The van der Waals surface area contributed by atoms with E-state index in [9.17, 15) is 4.39 Å². The summed E-state index contributed by atoms with van der Waals surface area (Å²) in [6.07, 6.45) is 1.87. The molecule has 3 nitrogen and oxygen atoms in total. The molecule has 1 aliphatic rings. The standard InChI is InChI=1S/C11H14FIN2O/c1-7-5-15(6-8(2)16-7)11-10(12)9(13)3-4-14-11/h3-4,7-8H,5-6H2,1-2H3/t7-,8+. The molecule has 0 saturated carbocycles.